The Kier molecular flexibility index (Phi) is 4.83. The molecule has 160 valence electrons. The largest absolute Gasteiger partial charge is 0.497 e. The minimum absolute atomic E-state index is 0.104. The second-order valence-corrected chi connectivity index (χ2v) is 10.3. The number of hydrogen-bond acceptors (Lipinski definition) is 5. The average Bonchev–Trinajstić information content (AvgIpc) is 2.63. The highest BCUT2D eigenvalue weighted by Gasteiger charge is 2.47. The van der Waals surface area contributed by atoms with Crippen molar-refractivity contribution in [3.63, 3.8) is 0 Å². The van der Waals surface area contributed by atoms with Crippen LogP contribution in [0.25, 0.3) is 0 Å². The molecule has 1 heterocycles. The molecular formula is C25H31NO4. The van der Waals surface area contributed by atoms with Crippen LogP contribution in [-0.4, -0.2) is 25.8 Å². The second kappa shape index (κ2) is 7.00. The lowest BCUT2D eigenvalue weighted by Gasteiger charge is -2.44. The third-order valence-electron chi connectivity index (χ3n) is 6.47. The SMILES string of the molecule is COc1ccc(OC)c(C2C3=C(CC(C)(C)CC3=O)NC3=C2C(=O)CC(C)(C)C3)c1. The maximum absolute atomic E-state index is 13.4. The fraction of sp³-hybridized carbons (Fsp3) is 0.520. The Hall–Kier alpha value is -2.56. The lowest BCUT2D eigenvalue weighted by Crippen LogP contribution is -2.42. The molecule has 1 aliphatic heterocycles. The predicted octanol–water partition coefficient (Wildman–Crippen LogP) is 4.68. The quantitative estimate of drug-likeness (QED) is 0.785. The Morgan fingerprint density at radius 1 is 0.833 bits per heavy atom. The van der Waals surface area contributed by atoms with E-state index in [0.29, 0.717) is 35.5 Å². The molecule has 4 rings (SSSR count). The standard InChI is InChI=1S/C25H31NO4/c1-24(2)10-16-22(18(27)12-24)21(15-9-14(29-5)7-8-20(15)30-6)23-17(26-16)11-25(3,4)13-19(23)28/h7-9,21,26H,10-13H2,1-6H3. The van der Waals surface area contributed by atoms with E-state index in [1.807, 2.05) is 18.2 Å². The molecule has 30 heavy (non-hydrogen) atoms. The van der Waals surface area contributed by atoms with Crippen LogP contribution in [0.5, 0.6) is 11.5 Å². The van der Waals surface area contributed by atoms with Crippen molar-refractivity contribution < 1.29 is 19.1 Å². The molecular weight excluding hydrogens is 378 g/mol. The molecule has 0 amide bonds. The Balaban J connectivity index is 1.97. The highest BCUT2D eigenvalue weighted by atomic mass is 16.5. The summed E-state index contributed by atoms with van der Waals surface area (Å²) >= 11 is 0. The number of ether oxygens (including phenoxy) is 2. The molecule has 1 aromatic carbocycles. The van der Waals surface area contributed by atoms with Crippen molar-refractivity contribution in [1.82, 2.24) is 5.32 Å². The topological polar surface area (TPSA) is 64.6 Å². The van der Waals surface area contributed by atoms with Gasteiger partial charge in [0.1, 0.15) is 11.5 Å². The van der Waals surface area contributed by atoms with Crippen molar-refractivity contribution in [3.8, 4) is 11.5 Å². The Morgan fingerprint density at radius 3 is 1.83 bits per heavy atom. The fourth-order valence-electron chi connectivity index (χ4n) is 5.26. The zero-order chi connectivity index (χ0) is 21.8. The van der Waals surface area contributed by atoms with Gasteiger partial charge in [-0.3, -0.25) is 9.59 Å². The summed E-state index contributed by atoms with van der Waals surface area (Å²) in [6.45, 7) is 8.49. The van der Waals surface area contributed by atoms with Crippen molar-refractivity contribution >= 4 is 11.6 Å². The van der Waals surface area contributed by atoms with Gasteiger partial charge in [-0.15, -0.1) is 0 Å². The van der Waals surface area contributed by atoms with E-state index in [1.54, 1.807) is 14.2 Å². The van der Waals surface area contributed by atoms with Gasteiger partial charge in [-0.05, 0) is 41.9 Å². The summed E-state index contributed by atoms with van der Waals surface area (Å²) in [5.74, 6) is 1.13. The third kappa shape index (κ3) is 3.44. The third-order valence-corrected chi connectivity index (χ3v) is 6.47. The van der Waals surface area contributed by atoms with E-state index in [2.05, 4.69) is 33.0 Å². The predicted molar refractivity (Wildman–Crippen MR) is 116 cm³/mol. The van der Waals surface area contributed by atoms with E-state index in [0.717, 1.165) is 29.8 Å². The molecule has 5 heteroatoms. The van der Waals surface area contributed by atoms with Crippen molar-refractivity contribution in [1.29, 1.82) is 0 Å². The van der Waals surface area contributed by atoms with Crippen LogP contribution in [0.2, 0.25) is 0 Å². The minimum Gasteiger partial charge on any atom is -0.497 e. The molecule has 0 saturated heterocycles. The first kappa shape index (κ1) is 20.7. The molecule has 0 spiro atoms. The number of hydrogen-bond donors (Lipinski definition) is 1. The minimum atomic E-state index is -0.423. The van der Waals surface area contributed by atoms with Gasteiger partial charge in [-0.1, -0.05) is 27.7 Å². The summed E-state index contributed by atoms with van der Waals surface area (Å²) in [4.78, 5) is 26.8. The molecule has 0 atom stereocenters. The van der Waals surface area contributed by atoms with Crippen LogP contribution >= 0.6 is 0 Å². The molecule has 1 N–H and O–H groups in total. The lowest BCUT2D eigenvalue weighted by atomic mass is 9.64. The smallest absolute Gasteiger partial charge is 0.162 e. The van der Waals surface area contributed by atoms with E-state index >= 15 is 0 Å². The summed E-state index contributed by atoms with van der Waals surface area (Å²) in [6.07, 6.45) is 2.50. The van der Waals surface area contributed by atoms with Gasteiger partial charge >= 0.3 is 0 Å². The molecule has 1 aromatic rings. The number of rotatable bonds is 3. The van der Waals surface area contributed by atoms with E-state index in [4.69, 9.17) is 9.47 Å². The van der Waals surface area contributed by atoms with Gasteiger partial charge in [0.25, 0.3) is 0 Å². The molecule has 0 fully saturated rings. The maximum Gasteiger partial charge on any atom is 0.162 e. The zero-order valence-corrected chi connectivity index (χ0v) is 18.8. The van der Waals surface area contributed by atoms with E-state index in [9.17, 15) is 9.59 Å². The van der Waals surface area contributed by atoms with Gasteiger partial charge in [0.05, 0.1) is 14.2 Å². The Morgan fingerprint density at radius 2 is 1.37 bits per heavy atom. The van der Waals surface area contributed by atoms with Crippen molar-refractivity contribution in [2.45, 2.75) is 59.3 Å². The first-order valence-corrected chi connectivity index (χ1v) is 10.6. The number of dihydropyridines is 1. The van der Waals surface area contributed by atoms with Gasteiger partial charge in [-0.2, -0.15) is 0 Å². The lowest BCUT2D eigenvalue weighted by molar-refractivity contribution is -0.119. The normalized spacial score (nSPS) is 23.0. The number of nitrogens with one attached hydrogen (secondary N) is 1. The van der Waals surface area contributed by atoms with Gasteiger partial charge in [0, 0.05) is 46.9 Å². The maximum atomic E-state index is 13.4. The number of carbonyl (C=O) groups is 2. The van der Waals surface area contributed by atoms with Crippen LogP contribution in [0.3, 0.4) is 0 Å². The summed E-state index contributed by atoms with van der Waals surface area (Å²) in [5.41, 5.74) is 3.93. The van der Waals surface area contributed by atoms with Crippen molar-refractivity contribution in [2.75, 3.05) is 14.2 Å². The highest BCUT2D eigenvalue weighted by Crippen LogP contribution is 2.52. The van der Waals surface area contributed by atoms with Crippen LogP contribution in [0.1, 0.15) is 64.9 Å². The Labute approximate surface area is 178 Å². The molecule has 0 unspecified atom stereocenters. The van der Waals surface area contributed by atoms with Crippen LogP contribution in [0, 0.1) is 10.8 Å². The molecule has 0 saturated carbocycles. The number of carbonyl (C=O) groups excluding carboxylic acids is 2. The first-order chi connectivity index (χ1) is 14.0. The summed E-state index contributed by atoms with van der Waals surface area (Å²) in [7, 11) is 3.24. The number of Topliss-reactive ketones (excluding diaryl/α,β-unsaturated/α-hetero) is 2. The summed E-state index contributed by atoms with van der Waals surface area (Å²) in [6, 6.07) is 5.60. The van der Waals surface area contributed by atoms with Crippen molar-refractivity contribution in [3.05, 3.63) is 46.3 Å². The molecule has 0 aromatic heterocycles. The molecule has 3 aliphatic rings. The molecule has 5 nitrogen and oxygen atoms in total. The number of ketones is 2. The fourth-order valence-corrected chi connectivity index (χ4v) is 5.26. The van der Waals surface area contributed by atoms with Crippen LogP contribution < -0.4 is 14.8 Å². The van der Waals surface area contributed by atoms with Crippen molar-refractivity contribution in [2.24, 2.45) is 10.8 Å². The molecule has 2 aliphatic carbocycles. The zero-order valence-electron chi connectivity index (χ0n) is 18.8. The van der Waals surface area contributed by atoms with Crippen LogP contribution in [0.4, 0.5) is 0 Å². The van der Waals surface area contributed by atoms with Gasteiger partial charge in [0.15, 0.2) is 11.6 Å². The monoisotopic (exact) mass is 409 g/mol. The van der Waals surface area contributed by atoms with Crippen LogP contribution in [0.15, 0.2) is 40.7 Å². The number of allylic oxidation sites excluding steroid dienone is 4. The Bertz CT molecular complexity index is 944. The summed E-state index contributed by atoms with van der Waals surface area (Å²) < 4.78 is 11.1. The number of benzene rings is 1. The van der Waals surface area contributed by atoms with E-state index < -0.39 is 5.92 Å². The van der Waals surface area contributed by atoms with Crippen LogP contribution in [-0.2, 0) is 9.59 Å². The van der Waals surface area contributed by atoms with E-state index in [-0.39, 0.29) is 22.4 Å². The number of methoxy groups -OCH3 is 2. The average molecular weight is 410 g/mol. The highest BCUT2D eigenvalue weighted by molar-refractivity contribution is 6.07. The van der Waals surface area contributed by atoms with Gasteiger partial charge < -0.3 is 14.8 Å². The summed E-state index contributed by atoms with van der Waals surface area (Å²) in [5, 5.41) is 3.54. The molecule has 0 bridgehead atoms. The van der Waals surface area contributed by atoms with Gasteiger partial charge in [-0.25, -0.2) is 0 Å². The first-order valence-electron chi connectivity index (χ1n) is 10.6. The molecule has 0 radical (unpaired) electrons. The van der Waals surface area contributed by atoms with Gasteiger partial charge in [0.2, 0.25) is 0 Å². The van der Waals surface area contributed by atoms with E-state index in [1.165, 1.54) is 0 Å². The second-order valence-electron chi connectivity index (χ2n) is 10.3.